The molecule has 158 valence electrons. The number of hydrogen-bond donors (Lipinski definition) is 2. The van der Waals surface area contributed by atoms with E-state index in [0.717, 1.165) is 0 Å². The number of aromatic nitrogens is 3. The molecule has 0 spiro atoms. The Morgan fingerprint density at radius 2 is 2.03 bits per heavy atom. The number of methoxy groups -OCH3 is 1. The minimum absolute atomic E-state index is 0.181. The number of ether oxygens (including phenoxy) is 2. The maximum atomic E-state index is 12.5. The summed E-state index contributed by atoms with van der Waals surface area (Å²) in [6, 6.07) is 1.18. The Bertz CT molecular complexity index is 921. The first-order valence-electron chi connectivity index (χ1n) is 9.15. The molecular weight excluding hydrogens is 382 g/mol. The zero-order valence-corrected chi connectivity index (χ0v) is 16.8. The number of aromatic hydroxyl groups is 1. The summed E-state index contributed by atoms with van der Waals surface area (Å²) in [6.45, 7) is 6.87. The molecule has 3 heterocycles. The van der Waals surface area contributed by atoms with Crippen molar-refractivity contribution in [2.75, 3.05) is 38.3 Å². The van der Waals surface area contributed by atoms with Crippen LogP contribution in [0, 0.1) is 0 Å². The van der Waals surface area contributed by atoms with Crippen molar-refractivity contribution >= 4 is 23.4 Å². The molecule has 3 rings (SSSR count). The van der Waals surface area contributed by atoms with Gasteiger partial charge in [0.2, 0.25) is 5.88 Å². The summed E-state index contributed by atoms with van der Waals surface area (Å²) in [7, 11) is 1.56. The van der Waals surface area contributed by atoms with Crippen LogP contribution in [0.15, 0.2) is 12.3 Å². The van der Waals surface area contributed by atoms with E-state index in [9.17, 15) is 19.8 Å². The lowest BCUT2D eigenvalue weighted by Gasteiger charge is -2.42. The van der Waals surface area contributed by atoms with E-state index in [-0.39, 0.29) is 17.6 Å². The molecule has 2 aromatic heterocycles. The second-order valence-corrected chi connectivity index (χ2v) is 7.82. The van der Waals surface area contributed by atoms with E-state index in [1.165, 1.54) is 16.8 Å². The highest BCUT2D eigenvalue weighted by molar-refractivity contribution is 5.87. The maximum absolute atomic E-state index is 12.5. The average molecular weight is 407 g/mol. The number of anilines is 1. The molecule has 1 unspecified atom stereocenters. The smallest absolute Gasteiger partial charge is 0.410 e. The number of rotatable bonds is 4. The van der Waals surface area contributed by atoms with E-state index < -0.39 is 17.7 Å². The van der Waals surface area contributed by atoms with Crippen molar-refractivity contribution in [3.63, 3.8) is 0 Å². The van der Waals surface area contributed by atoms with Crippen molar-refractivity contribution < 1.29 is 29.3 Å². The third-order valence-electron chi connectivity index (χ3n) is 4.42. The van der Waals surface area contributed by atoms with Crippen LogP contribution in [0.3, 0.4) is 0 Å². The first-order valence-corrected chi connectivity index (χ1v) is 9.15. The quantitative estimate of drug-likeness (QED) is 0.768. The van der Waals surface area contributed by atoms with E-state index >= 15 is 0 Å². The Balaban J connectivity index is 1.92. The number of carboxylic acid groups (broad SMARTS) is 1. The second-order valence-electron chi connectivity index (χ2n) is 7.82. The Hall–Kier alpha value is -3.08. The molecule has 2 aromatic rings. The minimum atomic E-state index is -1.19. The van der Waals surface area contributed by atoms with Crippen molar-refractivity contribution in [2.45, 2.75) is 32.4 Å². The lowest BCUT2D eigenvalue weighted by molar-refractivity contribution is 0.0186. The number of carboxylic acids is 1. The van der Waals surface area contributed by atoms with Gasteiger partial charge in [-0.25, -0.2) is 19.1 Å². The molecule has 11 heteroatoms. The largest absolute Gasteiger partial charge is 0.492 e. The lowest BCUT2D eigenvalue weighted by Crippen LogP contribution is -2.57. The fraction of sp³-hybridized carbons (Fsp3) is 0.556. The Morgan fingerprint density at radius 1 is 1.31 bits per heavy atom. The molecule has 1 fully saturated rings. The van der Waals surface area contributed by atoms with Gasteiger partial charge in [-0.3, -0.25) is 0 Å². The number of hydrogen-bond acceptors (Lipinski definition) is 8. The van der Waals surface area contributed by atoms with Crippen LogP contribution < -0.4 is 4.90 Å². The van der Waals surface area contributed by atoms with Gasteiger partial charge < -0.3 is 29.5 Å². The topological polar surface area (TPSA) is 130 Å². The molecule has 29 heavy (non-hydrogen) atoms. The van der Waals surface area contributed by atoms with E-state index in [4.69, 9.17) is 9.47 Å². The molecule has 0 aliphatic carbocycles. The summed E-state index contributed by atoms with van der Waals surface area (Å²) >= 11 is 0. The van der Waals surface area contributed by atoms with Crippen LogP contribution in [-0.4, -0.2) is 86.8 Å². The van der Waals surface area contributed by atoms with Crippen LogP contribution in [0.1, 0.15) is 31.3 Å². The summed E-state index contributed by atoms with van der Waals surface area (Å²) in [4.78, 5) is 31.4. The van der Waals surface area contributed by atoms with Crippen LogP contribution >= 0.6 is 0 Å². The molecule has 11 nitrogen and oxygen atoms in total. The Kier molecular flexibility index (Phi) is 5.51. The van der Waals surface area contributed by atoms with Crippen LogP contribution in [0.2, 0.25) is 0 Å². The second kappa shape index (κ2) is 7.74. The highest BCUT2D eigenvalue weighted by Gasteiger charge is 2.33. The first kappa shape index (κ1) is 20.6. The number of imidazole rings is 1. The number of aromatic carboxylic acids is 1. The minimum Gasteiger partial charge on any atom is -0.492 e. The van der Waals surface area contributed by atoms with E-state index in [0.29, 0.717) is 37.6 Å². The average Bonchev–Trinajstić information content (AvgIpc) is 3.04. The standard InChI is InChI=1S/C18H25N5O6/c1-18(2,3)29-17(27)21-5-6-22(11(8-21)10-28-4)13-7-14(24)20-23-9-12(16(25)26)19-15(13)23/h7,9,11H,5-6,8,10H2,1-4H3,(H,20,24)(H,25,26). The summed E-state index contributed by atoms with van der Waals surface area (Å²) in [5.41, 5.74) is 0.0276. The van der Waals surface area contributed by atoms with Crippen molar-refractivity contribution in [3.8, 4) is 5.88 Å². The van der Waals surface area contributed by atoms with Gasteiger partial charge in [0.05, 0.1) is 24.5 Å². The molecule has 0 saturated carbocycles. The van der Waals surface area contributed by atoms with Crippen LogP contribution in [-0.2, 0) is 9.47 Å². The highest BCUT2D eigenvalue weighted by Crippen LogP contribution is 2.28. The number of carbonyl (C=O) groups is 2. The SMILES string of the molecule is COCC1CN(C(=O)OC(C)(C)C)CCN1c1cc(O)nn2cc(C(=O)O)nc12. The normalized spacial score (nSPS) is 17.6. The summed E-state index contributed by atoms with van der Waals surface area (Å²) in [5.74, 6) is -1.46. The third-order valence-corrected chi connectivity index (χ3v) is 4.42. The number of carbonyl (C=O) groups excluding carboxylic acids is 1. The van der Waals surface area contributed by atoms with Gasteiger partial charge >= 0.3 is 12.1 Å². The van der Waals surface area contributed by atoms with E-state index in [1.807, 2.05) is 25.7 Å². The van der Waals surface area contributed by atoms with Crippen molar-refractivity contribution in [3.05, 3.63) is 18.0 Å². The third kappa shape index (κ3) is 4.50. The van der Waals surface area contributed by atoms with E-state index in [1.54, 1.807) is 12.0 Å². The molecule has 1 amide bonds. The molecule has 1 atom stereocenters. The first-order chi connectivity index (χ1) is 13.6. The monoisotopic (exact) mass is 407 g/mol. The zero-order valence-electron chi connectivity index (χ0n) is 16.8. The van der Waals surface area contributed by atoms with Gasteiger partial charge in [0, 0.05) is 32.8 Å². The summed E-state index contributed by atoms with van der Waals surface area (Å²) in [6.07, 6.45) is 0.832. The molecule has 1 aliphatic heterocycles. The summed E-state index contributed by atoms with van der Waals surface area (Å²) < 4.78 is 12.0. The predicted octanol–water partition coefficient (Wildman–Crippen LogP) is 1.21. The predicted molar refractivity (Wildman–Crippen MR) is 102 cm³/mol. The molecular formula is C18H25N5O6. The van der Waals surface area contributed by atoms with Gasteiger partial charge in [-0.1, -0.05) is 0 Å². The number of piperazine rings is 1. The van der Waals surface area contributed by atoms with Crippen molar-refractivity contribution in [1.29, 1.82) is 0 Å². The lowest BCUT2D eigenvalue weighted by atomic mass is 10.1. The van der Waals surface area contributed by atoms with Gasteiger partial charge in [0.15, 0.2) is 11.3 Å². The van der Waals surface area contributed by atoms with Gasteiger partial charge in [-0.05, 0) is 20.8 Å². The molecule has 1 aliphatic rings. The molecule has 0 bridgehead atoms. The maximum Gasteiger partial charge on any atom is 0.410 e. The summed E-state index contributed by atoms with van der Waals surface area (Å²) in [5, 5.41) is 23.1. The fourth-order valence-corrected chi connectivity index (χ4v) is 3.26. The van der Waals surface area contributed by atoms with Crippen LogP contribution in [0.5, 0.6) is 5.88 Å². The molecule has 0 radical (unpaired) electrons. The van der Waals surface area contributed by atoms with Crippen LogP contribution in [0.4, 0.5) is 10.5 Å². The van der Waals surface area contributed by atoms with Gasteiger partial charge in [0.25, 0.3) is 0 Å². The number of fused-ring (bicyclic) bond motifs is 1. The Labute approximate surface area is 167 Å². The fourth-order valence-electron chi connectivity index (χ4n) is 3.26. The van der Waals surface area contributed by atoms with E-state index in [2.05, 4.69) is 10.1 Å². The van der Waals surface area contributed by atoms with Crippen molar-refractivity contribution in [2.24, 2.45) is 0 Å². The molecule has 0 aromatic carbocycles. The number of nitrogens with zero attached hydrogens (tertiary/aromatic N) is 5. The number of amides is 1. The van der Waals surface area contributed by atoms with Gasteiger partial charge in [-0.15, -0.1) is 5.10 Å². The Morgan fingerprint density at radius 3 is 2.66 bits per heavy atom. The molecule has 2 N–H and O–H groups in total. The van der Waals surface area contributed by atoms with Crippen LogP contribution in [0.25, 0.3) is 5.65 Å². The van der Waals surface area contributed by atoms with Gasteiger partial charge in [-0.2, -0.15) is 0 Å². The van der Waals surface area contributed by atoms with Crippen molar-refractivity contribution in [1.82, 2.24) is 19.5 Å². The highest BCUT2D eigenvalue weighted by atomic mass is 16.6. The zero-order chi connectivity index (χ0) is 21.3. The molecule has 1 saturated heterocycles. The van der Waals surface area contributed by atoms with Gasteiger partial charge in [0.1, 0.15) is 5.60 Å².